The Morgan fingerprint density at radius 2 is 1.93 bits per heavy atom. The summed E-state index contributed by atoms with van der Waals surface area (Å²) in [6.07, 6.45) is 1.48. The van der Waals surface area contributed by atoms with Gasteiger partial charge in [0.25, 0.3) is 0 Å². The number of hydrogen-bond acceptors (Lipinski definition) is 4. The normalized spacial score (nSPS) is 17.3. The summed E-state index contributed by atoms with van der Waals surface area (Å²) in [4.78, 5) is 16.3. The zero-order valence-electron chi connectivity index (χ0n) is 16.1. The molecule has 2 aliphatic rings. The molecule has 2 aromatic rings. The van der Waals surface area contributed by atoms with Crippen LogP contribution >= 0.6 is 0 Å². The number of halogens is 1. The van der Waals surface area contributed by atoms with E-state index in [1.165, 1.54) is 6.07 Å². The molecule has 28 heavy (non-hydrogen) atoms. The first-order chi connectivity index (χ1) is 13.6. The number of carbonyl (C=O) groups excluding carboxylic acids is 1. The Bertz CT molecular complexity index is 865. The topological polar surface area (TPSA) is 42.0 Å². The molecule has 5 nitrogen and oxygen atoms in total. The molecule has 2 aromatic carbocycles. The third-order valence-electron chi connectivity index (χ3n) is 5.34. The molecule has 0 atom stereocenters. The molecule has 1 amide bonds. The van der Waals surface area contributed by atoms with Gasteiger partial charge in [0.15, 0.2) is 0 Å². The van der Waals surface area contributed by atoms with Crippen molar-refractivity contribution in [2.45, 2.75) is 26.4 Å². The SMILES string of the molecule is Cc1ccc(OCc2cc(N3CCCC3=O)ccc2N2CCOCC2)cc1F. The number of rotatable bonds is 5. The number of hydrogen-bond donors (Lipinski definition) is 0. The van der Waals surface area contributed by atoms with Crippen LogP contribution in [0.4, 0.5) is 15.8 Å². The largest absolute Gasteiger partial charge is 0.489 e. The van der Waals surface area contributed by atoms with Crippen molar-refractivity contribution in [2.75, 3.05) is 42.6 Å². The third kappa shape index (κ3) is 3.97. The van der Waals surface area contributed by atoms with Gasteiger partial charge in [-0.1, -0.05) is 6.07 Å². The van der Waals surface area contributed by atoms with Crippen molar-refractivity contribution in [3.8, 4) is 5.75 Å². The highest BCUT2D eigenvalue weighted by Gasteiger charge is 2.23. The second kappa shape index (κ2) is 8.19. The molecule has 2 fully saturated rings. The molecular formula is C22H25FN2O3. The smallest absolute Gasteiger partial charge is 0.227 e. The number of benzene rings is 2. The average molecular weight is 384 g/mol. The van der Waals surface area contributed by atoms with E-state index in [0.29, 0.717) is 37.6 Å². The van der Waals surface area contributed by atoms with E-state index < -0.39 is 0 Å². The van der Waals surface area contributed by atoms with Crippen molar-refractivity contribution in [1.29, 1.82) is 0 Å². The molecule has 2 heterocycles. The van der Waals surface area contributed by atoms with Gasteiger partial charge in [-0.3, -0.25) is 4.79 Å². The fourth-order valence-corrected chi connectivity index (χ4v) is 3.71. The maximum Gasteiger partial charge on any atom is 0.227 e. The van der Waals surface area contributed by atoms with Crippen LogP contribution in [0.1, 0.15) is 24.0 Å². The first-order valence-corrected chi connectivity index (χ1v) is 9.77. The summed E-state index contributed by atoms with van der Waals surface area (Å²) in [6.45, 7) is 5.80. The summed E-state index contributed by atoms with van der Waals surface area (Å²) in [5, 5.41) is 0. The summed E-state index contributed by atoms with van der Waals surface area (Å²) < 4.78 is 25.2. The summed E-state index contributed by atoms with van der Waals surface area (Å²) >= 11 is 0. The van der Waals surface area contributed by atoms with Gasteiger partial charge in [0.2, 0.25) is 5.91 Å². The van der Waals surface area contributed by atoms with E-state index in [9.17, 15) is 9.18 Å². The van der Waals surface area contributed by atoms with Crippen LogP contribution in [-0.4, -0.2) is 38.8 Å². The summed E-state index contributed by atoms with van der Waals surface area (Å²) in [6, 6.07) is 11.0. The van der Waals surface area contributed by atoms with Gasteiger partial charge < -0.3 is 19.3 Å². The van der Waals surface area contributed by atoms with E-state index in [0.717, 1.165) is 43.0 Å². The molecule has 0 N–H and O–H groups in total. The maximum absolute atomic E-state index is 13.8. The molecule has 0 unspecified atom stereocenters. The lowest BCUT2D eigenvalue weighted by Gasteiger charge is -2.31. The van der Waals surface area contributed by atoms with Gasteiger partial charge in [-0.05, 0) is 43.2 Å². The molecule has 0 aromatic heterocycles. The van der Waals surface area contributed by atoms with Crippen molar-refractivity contribution < 1.29 is 18.7 Å². The Labute approximate surface area is 164 Å². The van der Waals surface area contributed by atoms with Crippen LogP contribution in [0.3, 0.4) is 0 Å². The van der Waals surface area contributed by atoms with Gasteiger partial charge in [-0.2, -0.15) is 0 Å². The highest BCUT2D eigenvalue weighted by atomic mass is 19.1. The standard InChI is InChI=1S/C22H25FN2O3/c1-16-4-6-19(14-20(16)23)28-15-17-13-18(25-8-2-3-22(25)26)5-7-21(17)24-9-11-27-12-10-24/h4-7,13-14H,2-3,8-12,15H2,1H3. The highest BCUT2D eigenvalue weighted by molar-refractivity contribution is 5.95. The first kappa shape index (κ1) is 18.7. The molecule has 0 saturated carbocycles. The van der Waals surface area contributed by atoms with Crippen LogP contribution in [-0.2, 0) is 16.1 Å². The number of morpholine rings is 1. The van der Waals surface area contributed by atoms with Gasteiger partial charge in [0.1, 0.15) is 18.2 Å². The molecule has 2 aliphatic heterocycles. The number of carbonyl (C=O) groups is 1. The quantitative estimate of drug-likeness (QED) is 0.789. The van der Waals surface area contributed by atoms with Gasteiger partial charge in [0.05, 0.1) is 13.2 Å². The van der Waals surface area contributed by atoms with Crippen LogP contribution in [0.15, 0.2) is 36.4 Å². The third-order valence-corrected chi connectivity index (χ3v) is 5.34. The molecule has 4 rings (SSSR count). The highest BCUT2D eigenvalue weighted by Crippen LogP contribution is 2.30. The van der Waals surface area contributed by atoms with E-state index in [1.807, 2.05) is 17.0 Å². The van der Waals surface area contributed by atoms with Crippen molar-refractivity contribution in [3.05, 3.63) is 53.3 Å². The fraction of sp³-hybridized carbons (Fsp3) is 0.409. The molecule has 148 valence electrons. The summed E-state index contributed by atoms with van der Waals surface area (Å²) in [5.74, 6) is 0.382. The lowest BCUT2D eigenvalue weighted by atomic mass is 10.1. The van der Waals surface area contributed by atoms with Crippen molar-refractivity contribution >= 4 is 17.3 Å². The van der Waals surface area contributed by atoms with Gasteiger partial charge in [0, 0.05) is 49.1 Å². The van der Waals surface area contributed by atoms with Gasteiger partial charge in [-0.15, -0.1) is 0 Å². The molecule has 0 bridgehead atoms. The number of anilines is 2. The minimum absolute atomic E-state index is 0.159. The molecule has 0 radical (unpaired) electrons. The molecule has 0 aliphatic carbocycles. The van der Waals surface area contributed by atoms with E-state index in [2.05, 4.69) is 11.0 Å². The molecule has 6 heteroatoms. The summed E-state index contributed by atoms with van der Waals surface area (Å²) in [5.41, 5.74) is 3.55. The number of aryl methyl sites for hydroxylation is 1. The van der Waals surface area contributed by atoms with Crippen LogP contribution in [0, 0.1) is 12.7 Å². The first-order valence-electron chi connectivity index (χ1n) is 9.77. The number of amides is 1. The predicted molar refractivity (Wildman–Crippen MR) is 107 cm³/mol. The van der Waals surface area contributed by atoms with E-state index in [1.54, 1.807) is 19.1 Å². The monoisotopic (exact) mass is 384 g/mol. The fourth-order valence-electron chi connectivity index (χ4n) is 3.71. The minimum atomic E-state index is -0.276. The molecular weight excluding hydrogens is 359 g/mol. The Morgan fingerprint density at radius 3 is 2.64 bits per heavy atom. The minimum Gasteiger partial charge on any atom is -0.489 e. The summed E-state index contributed by atoms with van der Waals surface area (Å²) in [7, 11) is 0. The molecule has 0 spiro atoms. The second-order valence-corrected chi connectivity index (χ2v) is 7.26. The van der Waals surface area contributed by atoms with Crippen molar-refractivity contribution in [1.82, 2.24) is 0 Å². The lowest BCUT2D eigenvalue weighted by Crippen LogP contribution is -2.37. The Balaban J connectivity index is 1.60. The Morgan fingerprint density at radius 1 is 1.11 bits per heavy atom. The average Bonchev–Trinajstić information content (AvgIpc) is 3.15. The zero-order valence-corrected chi connectivity index (χ0v) is 16.1. The van der Waals surface area contributed by atoms with E-state index in [-0.39, 0.29) is 11.7 Å². The van der Waals surface area contributed by atoms with Crippen LogP contribution in [0.5, 0.6) is 5.75 Å². The zero-order chi connectivity index (χ0) is 19.5. The van der Waals surface area contributed by atoms with E-state index in [4.69, 9.17) is 9.47 Å². The van der Waals surface area contributed by atoms with Crippen molar-refractivity contribution in [2.24, 2.45) is 0 Å². The van der Waals surface area contributed by atoms with Crippen LogP contribution < -0.4 is 14.5 Å². The number of ether oxygens (including phenoxy) is 2. The van der Waals surface area contributed by atoms with Crippen LogP contribution in [0.25, 0.3) is 0 Å². The van der Waals surface area contributed by atoms with Gasteiger partial charge in [-0.25, -0.2) is 4.39 Å². The Hall–Kier alpha value is -2.60. The van der Waals surface area contributed by atoms with E-state index >= 15 is 0 Å². The maximum atomic E-state index is 13.8. The van der Waals surface area contributed by atoms with Crippen molar-refractivity contribution in [3.63, 3.8) is 0 Å². The Kier molecular flexibility index (Phi) is 5.48. The lowest BCUT2D eigenvalue weighted by molar-refractivity contribution is -0.117. The predicted octanol–water partition coefficient (Wildman–Crippen LogP) is 3.68. The second-order valence-electron chi connectivity index (χ2n) is 7.26. The number of nitrogens with zero attached hydrogens (tertiary/aromatic N) is 2. The molecule has 2 saturated heterocycles. The van der Waals surface area contributed by atoms with Gasteiger partial charge >= 0.3 is 0 Å². The van der Waals surface area contributed by atoms with Crippen LogP contribution in [0.2, 0.25) is 0 Å².